The maximum atomic E-state index is 6.16. The lowest BCUT2D eigenvalue weighted by molar-refractivity contribution is 0.368. The van der Waals surface area contributed by atoms with E-state index in [4.69, 9.17) is 11.6 Å². The SMILES string of the molecule is ClCC1(NCc2csc3ccccc23)CCCC1. The Labute approximate surface area is 117 Å². The van der Waals surface area contributed by atoms with Crippen molar-refractivity contribution in [2.75, 3.05) is 5.88 Å². The molecule has 1 aliphatic rings. The van der Waals surface area contributed by atoms with Gasteiger partial charge < -0.3 is 5.32 Å². The van der Waals surface area contributed by atoms with Crippen LogP contribution in [0.25, 0.3) is 10.1 Å². The van der Waals surface area contributed by atoms with Gasteiger partial charge in [0.15, 0.2) is 0 Å². The van der Waals surface area contributed by atoms with Crippen LogP contribution < -0.4 is 5.32 Å². The van der Waals surface area contributed by atoms with Gasteiger partial charge in [0.25, 0.3) is 0 Å². The molecule has 0 bridgehead atoms. The van der Waals surface area contributed by atoms with E-state index in [1.54, 1.807) is 0 Å². The topological polar surface area (TPSA) is 12.0 Å². The van der Waals surface area contributed by atoms with Crippen LogP contribution in [0.2, 0.25) is 0 Å². The zero-order valence-corrected chi connectivity index (χ0v) is 12.0. The Morgan fingerprint density at radius 2 is 2.00 bits per heavy atom. The van der Waals surface area contributed by atoms with Crippen LogP contribution in [-0.2, 0) is 6.54 Å². The molecule has 0 amide bonds. The van der Waals surface area contributed by atoms with Crippen LogP contribution in [0.3, 0.4) is 0 Å². The second-order valence-corrected chi connectivity index (χ2v) is 6.41. The number of benzene rings is 1. The average molecular weight is 280 g/mol. The third kappa shape index (κ3) is 2.29. The Bertz CT molecular complexity index is 528. The predicted molar refractivity (Wildman–Crippen MR) is 80.6 cm³/mol. The number of nitrogens with one attached hydrogen (secondary N) is 1. The summed E-state index contributed by atoms with van der Waals surface area (Å²) in [7, 11) is 0. The van der Waals surface area contributed by atoms with Crippen molar-refractivity contribution in [1.29, 1.82) is 0 Å². The van der Waals surface area contributed by atoms with Crippen LogP contribution in [0, 0.1) is 0 Å². The van der Waals surface area contributed by atoms with Crippen molar-refractivity contribution in [2.45, 2.75) is 37.8 Å². The molecular weight excluding hydrogens is 262 g/mol. The van der Waals surface area contributed by atoms with E-state index in [1.165, 1.54) is 41.3 Å². The summed E-state index contributed by atoms with van der Waals surface area (Å²) in [6.07, 6.45) is 5.06. The standard InChI is InChI=1S/C15H18ClNS/c16-11-15(7-3-4-8-15)17-9-12-10-18-14-6-2-1-5-13(12)14/h1-2,5-6,10,17H,3-4,7-9,11H2. The highest BCUT2D eigenvalue weighted by Crippen LogP contribution is 2.32. The molecule has 96 valence electrons. The molecule has 1 fully saturated rings. The molecule has 1 saturated carbocycles. The first-order valence-electron chi connectivity index (χ1n) is 6.59. The maximum Gasteiger partial charge on any atom is 0.0406 e. The molecule has 2 aromatic rings. The van der Waals surface area contributed by atoms with Crippen molar-refractivity contribution < 1.29 is 0 Å². The van der Waals surface area contributed by atoms with E-state index in [2.05, 4.69) is 35.0 Å². The first-order valence-corrected chi connectivity index (χ1v) is 8.01. The number of rotatable bonds is 4. The molecule has 0 radical (unpaired) electrons. The Morgan fingerprint density at radius 3 is 2.78 bits per heavy atom. The fourth-order valence-electron chi connectivity index (χ4n) is 2.86. The molecule has 0 aliphatic heterocycles. The third-order valence-electron chi connectivity index (χ3n) is 4.03. The Kier molecular flexibility index (Phi) is 3.60. The van der Waals surface area contributed by atoms with E-state index in [0.29, 0.717) is 0 Å². The van der Waals surface area contributed by atoms with Crippen LogP contribution in [-0.4, -0.2) is 11.4 Å². The van der Waals surface area contributed by atoms with Crippen LogP contribution >= 0.6 is 22.9 Å². The van der Waals surface area contributed by atoms with Crippen molar-refractivity contribution in [2.24, 2.45) is 0 Å². The minimum absolute atomic E-state index is 0.185. The summed E-state index contributed by atoms with van der Waals surface area (Å²) >= 11 is 7.99. The van der Waals surface area contributed by atoms with Gasteiger partial charge in [-0.3, -0.25) is 0 Å². The molecule has 0 spiro atoms. The smallest absolute Gasteiger partial charge is 0.0406 e. The third-order valence-corrected chi connectivity index (χ3v) is 5.56. The number of fused-ring (bicyclic) bond motifs is 1. The van der Waals surface area contributed by atoms with Gasteiger partial charge in [-0.2, -0.15) is 0 Å². The average Bonchev–Trinajstić information content (AvgIpc) is 3.04. The van der Waals surface area contributed by atoms with E-state index in [0.717, 1.165) is 12.4 Å². The van der Waals surface area contributed by atoms with Gasteiger partial charge in [0.05, 0.1) is 0 Å². The fourth-order valence-corrected chi connectivity index (χ4v) is 4.19. The molecule has 1 aliphatic carbocycles. The number of hydrogen-bond donors (Lipinski definition) is 1. The van der Waals surface area contributed by atoms with Crippen LogP contribution in [0.15, 0.2) is 29.6 Å². The van der Waals surface area contributed by atoms with Crippen molar-refractivity contribution in [1.82, 2.24) is 5.32 Å². The second kappa shape index (κ2) is 5.20. The largest absolute Gasteiger partial charge is 0.306 e. The van der Waals surface area contributed by atoms with Gasteiger partial charge in [0, 0.05) is 22.7 Å². The molecule has 0 atom stereocenters. The highest BCUT2D eigenvalue weighted by Gasteiger charge is 2.32. The van der Waals surface area contributed by atoms with E-state index in [-0.39, 0.29) is 5.54 Å². The molecule has 18 heavy (non-hydrogen) atoms. The number of thiophene rings is 1. The quantitative estimate of drug-likeness (QED) is 0.810. The van der Waals surface area contributed by atoms with Gasteiger partial charge in [-0.25, -0.2) is 0 Å². The molecule has 1 N–H and O–H groups in total. The summed E-state index contributed by atoms with van der Waals surface area (Å²) in [5.74, 6) is 0.731. The Hall–Kier alpha value is -0.570. The van der Waals surface area contributed by atoms with Crippen molar-refractivity contribution in [3.8, 4) is 0 Å². The van der Waals surface area contributed by atoms with Gasteiger partial charge >= 0.3 is 0 Å². The first kappa shape index (κ1) is 12.5. The van der Waals surface area contributed by atoms with E-state index < -0.39 is 0 Å². The minimum atomic E-state index is 0.185. The Morgan fingerprint density at radius 1 is 1.22 bits per heavy atom. The molecule has 1 aromatic carbocycles. The minimum Gasteiger partial charge on any atom is -0.306 e. The lowest BCUT2D eigenvalue weighted by Gasteiger charge is -2.28. The molecule has 3 rings (SSSR count). The van der Waals surface area contributed by atoms with Gasteiger partial charge in [-0.1, -0.05) is 31.0 Å². The molecule has 0 unspecified atom stereocenters. The van der Waals surface area contributed by atoms with Crippen molar-refractivity contribution in [3.63, 3.8) is 0 Å². The molecule has 3 heteroatoms. The van der Waals surface area contributed by atoms with Crippen molar-refractivity contribution >= 4 is 33.0 Å². The highest BCUT2D eigenvalue weighted by molar-refractivity contribution is 7.17. The zero-order valence-electron chi connectivity index (χ0n) is 10.4. The van der Waals surface area contributed by atoms with Crippen LogP contribution in [0.1, 0.15) is 31.2 Å². The number of hydrogen-bond acceptors (Lipinski definition) is 2. The van der Waals surface area contributed by atoms with E-state index in [1.807, 2.05) is 11.3 Å². The normalized spacial score (nSPS) is 18.5. The summed E-state index contributed by atoms with van der Waals surface area (Å²) in [6, 6.07) is 8.62. The monoisotopic (exact) mass is 279 g/mol. The summed E-state index contributed by atoms with van der Waals surface area (Å²) in [6.45, 7) is 0.941. The second-order valence-electron chi connectivity index (χ2n) is 5.23. The zero-order chi connectivity index (χ0) is 12.4. The van der Waals surface area contributed by atoms with E-state index in [9.17, 15) is 0 Å². The summed E-state index contributed by atoms with van der Waals surface area (Å²) in [5.41, 5.74) is 1.59. The first-order chi connectivity index (χ1) is 8.83. The van der Waals surface area contributed by atoms with E-state index >= 15 is 0 Å². The number of halogens is 1. The fraction of sp³-hybridized carbons (Fsp3) is 0.467. The van der Waals surface area contributed by atoms with Crippen LogP contribution in [0.4, 0.5) is 0 Å². The highest BCUT2D eigenvalue weighted by atomic mass is 35.5. The molecule has 1 nitrogen and oxygen atoms in total. The van der Waals surface area contributed by atoms with Crippen molar-refractivity contribution in [3.05, 3.63) is 35.2 Å². The predicted octanol–water partition coefficient (Wildman–Crippen LogP) is 4.54. The van der Waals surface area contributed by atoms with Gasteiger partial charge in [-0.05, 0) is 35.2 Å². The molecular formula is C15H18ClNS. The maximum absolute atomic E-state index is 6.16. The summed E-state index contributed by atoms with van der Waals surface area (Å²) in [4.78, 5) is 0. The molecule has 0 saturated heterocycles. The lowest BCUT2D eigenvalue weighted by atomic mass is 10.00. The van der Waals surface area contributed by atoms with Gasteiger partial charge in [-0.15, -0.1) is 22.9 Å². The number of alkyl halides is 1. The van der Waals surface area contributed by atoms with Crippen LogP contribution in [0.5, 0.6) is 0 Å². The molecule has 1 aromatic heterocycles. The Balaban J connectivity index is 1.76. The van der Waals surface area contributed by atoms with Gasteiger partial charge in [0.1, 0.15) is 0 Å². The summed E-state index contributed by atoms with van der Waals surface area (Å²) < 4.78 is 1.38. The summed E-state index contributed by atoms with van der Waals surface area (Å²) in [5, 5.41) is 7.37. The van der Waals surface area contributed by atoms with Gasteiger partial charge in [0.2, 0.25) is 0 Å². The molecule has 1 heterocycles. The lowest BCUT2D eigenvalue weighted by Crippen LogP contribution is -2.43.